The smallest absolute Gasteiger partial charge is 0.338 e. The molecule has 1 amide bonds. The number of nitrogens with zero attached hydrogens (tertiary/aromatic N) is 2. The van der Waals surface area contributed by atoms with Crippen molar-refractivity contribution in [1.29, 1.82) is 0 Å². The zero-order chi connectivity index (χ0) is 23.4. The molecule has 0 radical (unpaired) electrons. The van der Waals surface area contributed by atoms with Crippen LogP contribution in [0.25, 0.3) is 16.7 Å². The molecule has 0 bridgehead atoms. The second-order valence-corrected chi connectivity index (χ2v) is 7.26. The number of aromatic nitrogens is 2. The SMILES string of the molecule is COc1cc(NC(=O)COC(=O)c2ccc3c(c2)nc(C)n3-c2ccccc2)cc(OC)c1. The summed E-state index contributed by atoms with van der Waals surface area (Å²) < 4.78 is 17.6. The van der Waals surface area contributed by atoms with Crippen LogP contribution in [0, 0.1) is 6.92 Å². The van der Waals surface area contributed by atoms with Crippen molar-refractivity contribution in [2.45, 2.75) is 6.92 Å². The lowest BCUT2D eigenvalue weighted by atomic mass is 10.2. The van der Waals surface area contributed by atoms with Crippen LogP contribution >= 0.6 is 0 Å². The normalized spacial score (nSPS) is 10.6. The summed E-state index contributed by atoms with van der Waals surface area (Å²) in [5.41, 5.74) is 3.31. The van der Waals surface area contributed by atoms with Crippen LogP contribution < -0.4 is 14.8 Å². The van der Waals surface area contributed by atoms with E-state index in [1.165, 1.54) is 14.2 Å². The van der Waals surface area contributed by atoms with Crippen molar-refractivity contribution in [2.75, 3.05) is 26.1 Å². The number of carbonyl (C=O) groups is 2. The highest BCUT2D eigenvalue weighted by Gasteiger charge is 2.15. The van der Waals surface area contributed by atoms with Crippen LogP contribution in [0.3, 0.4) is 0 Å². The summed E-state index contributed by atoms with van der Waals surface area (Å²) in [6, 6.07) is 20.0. The van der Waals surface area contributed by atoms with Gasteiger partial charge in [0.05, 0.1) is 30.8 Å². The summed E-state index contributed by atoms with van der Waals surface area (Å²) in [4.78, 5) is 29.4. The molecule has 4 aromatic rings. The number of para-hydroxylation sites is 1. The summed E-state index contributed by atoms with van der Waals surface area (Å²) >= 11 is 0. The lowest BCUT2D eigenvalue weighted by Gasteiger charge is -2.10. The second kappa shape index (κ2) is 9.44. The lowest BCUT2D eigenvalue weighted by Crippen LogP contribution is -2.21. The van der Waals surface area contributed by atoms with Gasteiger partial charge in [-0.2, -0.15) is 0 Å². The summed E-state index contributed by atoms with van der Waals surface area (Å²) in [7, 11) is 3.03. The maximum Gasteiger partial charge on any atom is 0.338 e. The van der Waals surface area contributed by atoms with Gasteiger partial charge in [0.15, 0.2) is 6.61 Å². The molecule has 4 rings (SSSR count). The predicted molar refractivity (Wildman–Crippen MR) is 124 cm³/mol. The number of benzene rings is 3. The van der Waals surface area contributed by atoms with Crippen LogP contribution in [0.1, 0.15) is 16.2 Å². The molecule has 8 nitrogen and oxygen atoms in total. The number of esters is 1. The van der Waals surface area contributed by atoms with Gasteiger partial charge in [-0.15, -0.1) is 0 Å². The van der Waals surface area contributed by atoms with Gasteiger partial charge in [0.2, 0.25) is 0 Å². The van der Waals surface area contributed by atoms with E-state index in [1.54, 1.807) is 30.3 Å². The maximum atomic E-state index is 12.5. The molecule has 8 heteroatoms. The molecule has 0 atom stereocenters. The van der Waals surface area contributed by atoms with Crippen LogP contribution in [0.2, 0.25) is 0 Å². The van der Waals surface area contributed by atoms with E-state index in [-0.39, 0.29) is 0 Å². The number of amides is 1. The van der Waals surface area contributed by atoms with E-state index >= 15 is 0 Å². The van der Waals surface area contributed by atoms with Gasteiger partial charge < -0.3 is 19.5 Å². The minimum Gasteiger partial charge on any atom is -0.497 e. The molecular weight excluding hydrogens is 422 g/mol. The third kappa shape index (κ3) is 4.79. The fraction of sp³-hybridized carbons (Fsp3) is 0.160. The maximum absolute atomic E-state index is 12.5. The molecule has 0 aliphatic rings. The van der Waals surface area contributed by atoms with Crippen molar-refractivity contribution < 1.29 is 23.8 Å². The number of carbonyl (C=O) groups excluding carboxylic acids is 2. The number of ether oxygens (including phenoxy) is 3. The Morgan fingerprint density at radius 3 is 2.30 bits per heavy atom. The first-order chi connectivity index (χ1) is 16.0. The quantitative estimate of drug-likeness (QED) is 0.430. The molecule has 0 aliphatic carbocycles. The first kappa shape index (κ1) is 21.9. The highest BCUT2D eigenvalue weighted by atomic mass is 16.5. The second-order valence-electron chi connectivity index (χ2n) is 7.26. The summed E-state index contributed by atoms with van der Waals surface area (Å²) in [5.74, 6) is 0.765. The standard InChI is InChI=1S/C25H23N3O5/c1-16-26-22-11-17(9-10-23(22)28(16)19-7-5-4-6-8-19)25(30)33-15-24(29)27-18-12-20(31-2)14-21(13-18)32-3/h4-14H,15H2,1-3H3,(H,27,29). The number of fused-ring (bicyclic) bond motifs is 1. The van der Waals surface area contributed by atoms with E-state index in [0.29, 0.717) is 28.3 Å². The molecule has 0 saturated heterocycles. The first-order valence-corrected chi connectivity index (χ1v) is 10.2. The highest BCUT2D eigenvalue weighted by molar-refractivity contribution is 5.97. The lowest BCUT2D eigenvalue weighted by molar-refractivity contribution is -0.119. The third-order valence-electron chi connectivity index (χ3n) is 5.04. The van der Waals surface area contributed by atoms with E-state index in [1.807, 2.05) is 47.9 Å². The number of rotatable bonds is 7. The van der Waals surface area contributed by atoms with Crippen molar-refractivity contribution in [3.05, 3.63) is 78.1 Å². The van der Waals surface area contributed by atoms with Crippen LogP contribution in [-0.2, 0) is 9.53 Å². The largest absolute Gasteiger partial charge is 0.497 e. The van der Waals surface area contributed by atoms with E-state index in [2.05, 4.69) is 10.3 Å². The number of nitrogens with one attached hydrogen (secondary N) is 1. The fourth-order valence-electron chi connectivity index (χ4n) is 3.52. The topological polar surface area (TPSA) is 91.7 Å². The number of hydrogen-bond acceptors (Lipinski definition) is 6. The predicted octanol–water partition coefficient (Wildman–Crippen LogP) is 4.15. The molecular formula is C25H23N3O5. The molecule has 3 aromatic carbocycles. The molecule has 0 saturated carbocycles. The van der Waals surface area contributed by atoms with Gasteiger partial charge in [0.1, 0.15) is 17.3 Å². The van der Waals surface area contributed by atoms with Gasteiger partial charge >= 0.3 is 5.97 Å². The zero-order valence-corrected chi connectivity index (χ0v) is 18.5. The van der Waals surface area contributed by atoms with E-state index in [4.69, 9.17) is 14.2 Å². The van der Waals surface area contributed by atoms with E-state index in [0.717, 1.165) is 17.0 Å². The Labute approximate surface area is 190 Å². The molecule has 0 spiro atoms. The molecule has 1 N–H and O–H groups in total. The summed E-state index contributed by atoms with van der Waals surface area (Å²) in [5, 5.41) is 2.66. The van der Waals surface area contributed by atoms with Gasteiger partial charge in [-0.25, -0.2) is 9.78 Å². The van der Waals surface area contributed by atoms with Gasteiger partial charge in [-0.3, -0.25) is 9.36 Å². The van der Waals surface area contributed by atoms with Crippen molar-refractivity contribution in [3.63, 3.8) is 0 Å². The third-order valence-corrected chi connectivity index (χ3v) is 5.04. The first-order valence-electron chi connectivity index (χ1n) is 10.2. The highest BCUT2D eigenvalue weighted by Crippen LogP contribution is 2.26. The molecule has 168 valence electrons. The van der Waals surface area contributed by atoms with Gasteiger partial charge in [-0.05, 0) is 37.3 Å². The van der Waals surface area contributed by atoms with Crippen LogP contribution in [0.5, 0.6) is 11.5 Å². The molecule has 1 heterocycles. The van der Waals surface area contributed by atoms with E-state index in [9.17, 15) is 9.59 Å². The molecule has 0 unspecified atom stereocenters. The van der Waals surface area contributed by atoms with E-state index < -0.39 is 18.5 Å². The molecule has 0 fully saturated rings. The van der Waals surface area contributed by atoms with Crippen LogP contribution in [-0.4, -0.2) is 42.3 Å². The zero-order valence-electron chi connectivity index (χ0n) is 18.5. The van der Waals surface area contributed by atoms with Crippen molar-refractivity contribution in [2.24, 2.45) is 0 Å². The van der Waals surface area contributed by atoms with Crippen molar-refractivity contribution >= 4 is 28.6 Å². The minimum atomic E-state index is -0.609. The Morgan fingerprint density at radius 1 is 0.939 bits per heavy atom. The number of imidazole rings is 1. The monoisotopic (exact) mass is 445 g/mol. The Balaban J connectivity index is 1.44. The van der Waals surface area contributed by atoms with Crippen molar-refractivity contribution in [3.8, 4) is 17.2 Å². The number of anilines is 1. The summed E-state index contributed by atoms with van der Waals surface area (Å²) in [6.07, 6.45) is 0. The van der Waals surface area contributed by atoms with Gasteiger partial charge in [-0.1, -0.05) is 18.2 Å². The number of aryl methyl sites for hydroxylation is 1. The Bertz CT molecular complexity index is 1290. The molecule has 0 aliphatic heterocycles. The summed E-state index contributed by atoms with van der Waals surface area (Å²) in [6.45, 7) is 1.47. The Morgan fingerprint density at radius 2 is 1.64 bits per heavy atom. The van der Waals surface area contributed by atoms with Crippen molar-refractivity contribution in [1.82, 2.24) is 9.55 Å². The Kier molecular flexibility index (Phi) is 6.26. The van der Waals surface area contributed by atoms with Crippen LogP contribution in [0.4, 0.5) is 5.69 Å². The minimum absolute atomic E-state index is 0.316. The number of hydrogen-bond donors (Lipinski definition) is 1. The van der Waals surface area contributed by atoms with Crippen LogP contribution in [0.15, 0.2) is 66.7 Å². The molecule has 33 heavy (non-hydrogen) atoms. The fourth-order valence-corrected chi connectivity index (χ4v) is 3.52. The number of methoxy groups -OCH3 is 2. The van der Waals surface area contributed by atoms with Gasteiger partial charge in [0, 0.05) is 29.6 Å². The average Bonchev–Trinajstić information content (AvgIpc) is 3.17. The van der Waals surface area contributed by atoms with Gasteiger partial charge in [0.25, 0.3) is 5.91 Å². The average molecular weight is 445 g/mol. The Hall–Kier alpha value is -4.33. The molecule has 1 aromatic heterocycles.